The van der Waals surface area contributed by atoms with Gasteiger partial charge in [-0.15, -0.1) is 0 Å². The van der Waals surface area contributed by atoms with Crippen LogP contribution in [-0.2, 0) is 12.4 Å². The lowest BCUT2D eigenvalue weighted by molar-refractivity contribution is -0.138. The van der Waals surface area contributed by atoms with Crippen LogP contribution in [-0.4, -0.2) is 0 Å². The van der Waals surface area contributed by atoms with Gasteiger partial charge in [-0.05, 0) is 111 Å². The predicted molar refractivity (Wildman–Crippen MR) is 192 cm³/mol. The Hall–Kier alpha value is -5.88. The molecule has 0 nitrogen and oxygen atoms in total. The summed E-state index contributed by atoms with van der Waals surface area (Å²) in [5, 5.41) is 9.46. The zero-order valence-electron chi connectivity index (χ0n) is 26.1. The Morgan fingerprint density at radius 2 is 0.540 bits per heavy atom. The van der Waals surface area contributed by atoms with E-state index in [2.05, 4.69) is 0 Å². The third-order valence-corrected chi connectivity index (χ3v) is 9.82. The first kappa shape index (κ1) is 30.2. The molecule has 0 atom stereocenters. The van der Waals surface area contributed by atoms with Gasteiger partial charge in [-0.25, -0.2) is 0 Å². The first-order valence-electron chi connectivity index (χ1n) is 16.1. The summed E-state index contributed by atoms with van der Waals surface area (Å²) in [5.41, 5.74) is 0.362. The topological polar surface area (TPSA) is 0 Å². The Bertz CT molecular complexity index is 2510. The molecule has 0 aliphatic rings. The van der Waals surface area contributed by atoms with Crippen LogP contribution < -0.4 is 0 Å². The zero-order valence-corrected chi connectivity index (χ0v) is 26.1. The van der Waals surface area contributed by atoms with Gasteiger partial charge in [0.15, 0.2) is 0 Å². The third-order valence-electron chi connectivity index (χ3n) is 9.82. The lowest BCUT2D eigenvalue weighted by Crippen LogP contribution is -2.05. The van der Waals surface area contributed by atoms with Crippen LogP contribution in [0.15, 0.2) is 146 Å². The summed E-state index contributed by atoms with van der Waals surface area (Å²) in [6.45, 7) is 0. The highest BCUT2D eigenvalue weighted by Crippen LogP contribution is 2.53. The van der Waals surface area contributed by atoms with E-state index >= 15 is 0 Å². The summed E-state index contributed by atoms with van der Waals surface area (Å²) >= 11 is 0. The first-order chi connectivity index (χ1) is 24.1. The Morgan fingerprint density at radius 1 is 0.280 bits per heavy atom. The summed E-state index contributed by atoms with van der Waals surface area (Å²) < 4.78 is 86.2. The monoisotopic (exact) mass is 666 g/mol. The molecule has 0 radical (unpaired) electrons. The Morgan fingerprint density at radius 3 is 0.800 bits per heavy atom. The SMILES string of the molecule is FC(F)(F)c1cccc(-c2c3c4ccccc4c4ccccc4c3c(-c3cccc(C(F)(F)F)c3)c3c4ccccc4c4ccccc4c23)c1. The normalized spacial score (nSPS) is 12.6. The summed E-state index contributed by atoms with van der Waals surface area (Å²) in [6, 6.07) is 41.7. The maximum Gasteiger partial charge on any atom is 0.416 e. The highest BCUT2D eigenvalue weighted by atomic mass is 19.4. The van der Waals surface area contributed by atoms with Crippen molar-refractivity contribution in [3.05, 3.63) is 157 Å². The van der Waals surface area contributed by atoms with Gasteiger partial charge in [0.1, 0.15) is 0 Å². The zero-order chi connectivity index (χ0) is 34.4. The van der Waals surface area contributed by atoms with Crippen LogP contribution in [0, 0.1) is 0 Å². The molecule has 0 amide bonds. The van der Waals surface area contributed by atoms with E-state index in [-0.39, 0.29) is 0 Å². The van der Waals surface area contributed by atoms with E-state index in [1.165, 1.54) is 24.3 Å². The molecular weight excluding hydrogens is 642 g/mol. The Kier molecular flexibility index (Phi) is 6.53. The number of hydrogen-bond acceptors (Lipinski definition) is 0. The van der Waals surface area contributed by atoms with E-state index < -0.39 is 23.5 Å². The summed E-state index contributed by atoms with van der Waals surface area (Å²) in [5.74, 6) is 0. The Balaban J connectivity index is 1.69. The second-order valence-corrected chi connectivity index (χ2v) is 12.6. The summed E-state index contributed by atoms with van der Waals surface area (Å²) in [4.78, 5) is 0. The van der Waals surface area contributed by atoms with Gasteiger partial charge < -0.3 is 0 Å². The second-order valence-electron chi connectivity index (χ2n) is 12.6. The molecule has 0 heterocycles. The van der Waals surface area contributed by atoms with Crippen LogP contribution in [0.3, 0.4) is 0 Å². The summed E-state index contributed by atoms with van der Waals surface area (Å²) in [7, 11) is 0. The van der Waals surface area contributed by atoms with Crippen molar-refractivity contribution in [2.45, 2.75) is 12.4 Å². The van der Waals surface area contributed by atoms with Gasteiger partial charge in [0.2, 0.25) is 0 Å². The van der Waals surface area contributed by atoms with Gasteiger partial charge in [0, 0.05) is 0 Å². The molecule has 0 bridgehead atoms. The fourth-order valence-electron chi connectivity index (χ4n) is 7.85. The lowest BCUT2D eigenvalue weighted by Gasteiger charge is -2.24. The average molecular weight is 667 g/mol. The van der Waals surface area contributed by atoms with Crippen molar-refractivity contribution in [3.8, 4) is 22.3 Å². The number of benzene rings is 9. The molecule has 0 unspecified atom stereocenters. The van der Waals surface area contributed by atoms with Gasteiger partial charge in [-0.3, -0.25) is 0 Å². The molecule has 50 heavy (non-hydrogen) atoms. The molecule has 0 N–H and O–H groups in total. The van der Waals surface area contributed by atoms with E-state index in [1.54, 1.807) is 12.1 Å². The van der Waals surface area contributed by atoms with Crippen LogP contribution in [0.25, 0.3) is 86.9 Å². The summed E-state index contributed by atoms with van der Waals surface area (Å²) in [6.07, 6.45) is -9.19. The number of hydrogen-bond donors (Lipinski definition) is 0. The molecule has 0 aromatic heterocycles. The van der Waals surface area contributed by atoms with Crippen LogP contribution >= 0.6 is 0 Å². The van der Waals surface area contributed by atoms with Crippen molar-refractivity contribution in [1.82, 2.24) is 0 Å². The van der Waals surface area contributed by atoms with Gasteiger partial charge in [0.05, 0.1) is 11.1 Å². The predicted octanol–water partition coefficient (Wildman–Crippen LogP) is 14.0. The van der Waals surface area contributed by atoms with E-state index in [4.69, 9.17) is 0 Å². The third kappa shape index (κ3) is 4.48. The minimum Gasteiger partial charge on any atom is -0.166 e. The highest BCUT2D eigenvalue weighted by molar-refractivity contribution is 6.42. The molecule has 0 spiro atoms. The van der Waals surface area contributed by atoms with Crippen molar-refractivity contribution in [3.63, 3.8) is 0 Å². The van der Waals surface area contributed by atoms with Crippen LogP contribution in [0.1, 0.15) is 11.1 Å². The minimum absolute atomic E-state index is 0.367. The van der Waals surface area contributed by atoms with Gasteiger partial charge in [-0.2, -0.15) is 26.3 Å². The van der Waals surface area contributed by atoms with Gasteiger partial charge >= 0.3 is 12.4 Å². The number of alkyl halides is 6. The van der Waals surface area contributed by atoms with E-state index in [0.29, 0.717) is 43.8 Å². The van der Waals surface area contributed by atoms with E-state index in [0.717, 1.165) is 55.2 Å². The molecular formula is C44H24F6. The maximum absolute atomic E-state index is 14.4. The minimum atomic E-state index is -4.59. The second kappa shape index (κ2) is 10.8. The molecule has 0 aliphatic carbocycles. The van der Waals surface area contributed by atoms with Gasteiger partial charge in [-0.1, -0.05) is 121 Å². The van der Waals surface area contributed by atoms with Crippen LogP contribution in [0.5, 0.6) is 0 Å². The highest BCUT2D eigenvalue weighted by Gasteiger charge is 2.33. The van der Waals surface area contributed by atoms with Crippen LogP contribution in [0.2, 0.25) is 0 Å². The molecule has 0 aliphatic heterocycles. The Labute approximate surface area is 281 Å². The number of halogens is 6. The van der Waals surface area contributed by atoms with Crippen molar-refractivity contribution >= 4 is 64.6 Å². The molecule has 0 fully saturated rings. The van der Waals surface area contributed by atoms with Crippen molar-refractivity contribution in [1.29, 1.82) is 0 Å². The molecule has 6 heteroatoms. The van der Waals surface area contributed by atoms with Crippen LogP contribution in [0.4, 0.5) is 26.3 Å². The quantitative estimate of drug-likeness (QED) is 0.0979. The number of fused-ring (bicyclic) bond motifs is 12. The molecule has 9 aromatic rings. The largest absolute Gasteiger partial charge is 0.416 e. The van der Waals surface area contributed by atoms with Crippen molar-refractivity contribution in [2.24, 2.45) is 0 Å². The fraction of sp³-hybridized carbons (Fsp3) is 0.0455. The smallest absolute Gasteiger partial charge is 0.166 e. The molecule has 0 saturated heterocycles. The first-order valence-corrected chi connectivity index (χ1v) is 16.1. The van der Waals surface area contributed by atoms with Crippen molar-refractivity contribution < 1.29 is 26.3 Å². The van der Waals surface area contributed by atoms with Crippen molar-refractivity contribution in [2.75, 3.05) is 0 Å². The fourth-order valence-corrected chi connectivity index (χ4v) is 7.85. The average Bonchev–Trinajstić information content (AvgIpc) is 3.13. The molecule has 9 aromatic carbocycles. The molecule has 0 saturated carbocycles. The maximum atomic E-state index is 14.4. The van der Waals surface area contributed by atoms with Gasteiger partial charge in [0.25, 0.3) is 0 Å². The molecule has 242 valence electrons. The van der Waals surface area contributed by atoms with E-state index in [9.17, 15) is 26.3 Å². The lowest BCUT2D eigenvalue weighted by atomic mass is 9.78. The van der Waals surface area contributed by atoms with E-state index in [1.807, 2.05) is 97.1 Å². The standard InChI is InChI=1S/C44H24F6/c45-43(46,47)27-13-9-11-25(23-27)37-39-33-19-5-1-15-29(33)30-16-2-6-20-34(30)40(39)38(26-12-10-14-28(24-26)44(48,49)50)42-36-22-8-4-18-32(36)31-17-3-7-21-35(31)41(37)42/h1-24H. The number of rotatable bonds is 2. The molecule has 9 rings (SSSR count).